The molecule has 2 aromatic rings. The van der Waals surface area contributed by atoms with E-state index in [1.807, 2.05) is 13.0 Å². The normalized spacial score (nSPS) is 10.2. The van der Waals surface area contributed by atoms with Crippen molar-refractivity contribution in [1.29, 1.82) is 0 Å². The van der Waals surface area contributed by atoms with Crippen LogP contribution in [0.4, 0.5) is 20.3 Å². The minimum atomic E-state index is -0.636. The average Bonchev–Trinajstić information content (AvgIpc) is 2.22. The van der Waals surface area contributed by atoms with Gasteiger partial charge < -0.3 is 5.32 Å². The molecule has 0 atom stereocenters. The number of hydrogen-bond donors (Lipinski definition) is 1. The molecule has 0 aliphatic heterocycles. The molecule has 16 heavy (non-hydrogen) atoms. The zero-order chi connectivity index (χ0) is 11.5. The van der Waals surface area contributed by atoms with Crippen molar-refractivity contribution in [2.24, 2.45) is 0 Å². The smallest absolute Gasteiger partial charge is 0.149 e. The standard InChI is InChI=1S/C12H10F2N2/c1-8-4-5-15-12(6-8)16-11-3-2-9(13)7-10(11)14/h2-7H,1H3,(H,15,16). The van der Waals surface area contributed by atoms with Gasteiger partial charge in [0.2, 0.25) is 0 Å². The number of nitrogens with one attached hydrogen (secondary N) is 1. The Morgan fingerprint density at radius 2 is 1.94 bits per heavy atom. The molecule has 0 aliphatic rings. The zero-order valence-corrected chi connectivity index (χ0v) is 8.67. The molecule has 0 amide bonds. The van der Waals surface area contributed by atoms with E-state index >= 15 is 0 Å². The summed E-state index contributed by atoms with van der Waals surface area (Å²) < 4.78 is 26.0. The molecule has 0 unspecified atom stereocenters. The van der Waals surface area contributed by atoms with Crippen LogP contribution in [0.1, 0.15) is 5.56 Å². The molecule has 0 saturated carbocycles. The van der Waals surface area contributed by atoms with Crippen LogP contribution in [0, 0.1) is 18.6 Å². The van der Waals surface area contributed by atoms with Gasteiger partial charge in [0.05, 0.1) is 5.69 Å². The first-order valence-electron chi connectivity index (χ1n) is 4.80. The first kappa shape index (κ1) is 10.5. The van der Waals surface area contributed by atoms with Crippen LogP contribution in [0.3, 0.4) is 0 Å². The fraction of sp³-hybridized carbons (Fsp3) is 0.0833. The third-order valence-electron chi connectivity index (χ3n) is 2.11. The van der Waals surface area contributed by atoms with Crippen molar-refractivity contribution in [3.8, 4) is 0 Å². The van der Waals surface area contributed by atoms with E-state index in [9.17, 15) is 8.78 Å². The monoisotopic (exact) mass is 220 g/mol. The van der Waals surface area contributed by atoms with Gasteiger partial charge in [-0.15, -0.1) is 0 Å². The fourth-order valence-electron chi connectivity index (χ4n) is 1.33. The van der Waals surface area contributed by atoms with Crippen molar-refractivity contribution in [2.75, 3.05) is 5.32 Å². The Morgan fingerprint density at radius 1 is 1.12 bits per heavy atom. The highest BCUT2D eigenvalue weighted by Crippen LogP contribution is 2.19. The second-order valence-electron chi connectivity index (χ2n) is 3.47. The van der Waals surface area contributed by atoms with E-state index in [-0.39, 0.29) is 5.69 Å². The van der Waals surface area contributed by atoms with Gasteiger partial charge in [-0.2, -0.15) is 0 Å². The quantitative estimate of drug-likeness (QED) is 0.838. The van der Waals surface area contributed by atoms with E-state index in [1.165, 1.54) is 12.1 Å². The molecule has 0 radical (unpaired) electrons. The Labute approximate surface area is 92.0 Å². The number of pyridine rings is 1. The summed E-state index contributed by atoms with van der Waals surface area (Å²) in [5, 5.41) is 2.79. The van der Waals surface area contributed by atoms with Crippen LogP contribution in [-0.2, 0) is 0 Å². The van der Waals surface area contributed by atoms with Crippen molar-refractivity contribution >= 4 is 11.5 Å². The maximum atomic E-state index is 13.3. The molecule has 0 aliphatic carbocycles. The van der Waals surface area contributed by atoms with Crippen molar-refractivity contribution in [1.82, 2.24) is 4.98 Å². The molecule has 1 N–H and O–H groups in total. The number of benzene rings is 1. The maximum Gasteiger partial charge on any atom is 0.149 e. The Kier molecular flexibility index (Phi) is 2.81. The summed E-state index contributed by atoms with van der Waals surface area (Å²) in [5.74, 6) is -0.700. The van der Waals surface area contributed by atoms with Crippen LogP contribution in [0.5, 0.6) is 0 Å². The second kappa shape index (κ2) is 4.26. The lowest BCUT2D eigenvalue weighted by Crippen LogP contribution is -1.96. The summed E-state index contributed by atoms with van der Waals surface area (Å²) in [6, 6.07) is 6.99. The molecule has 1 heterocycles. The van der Waals surface area contributed by atoms with Crippen LogP contribution in [-0.4, -0.2) is 4.98 Å². The molecule has 0 spiro atoms. The van der Waals surface area contributed by atoms with Crippen molar-refractivity contribution < 1.29 is 8.78 Å². The molecule has 1 aromatic heterocycles. The first-order valence-corrected chi connectivity index (χ1v) is 4.80. The highest BCUT2D eigenvalue weighted by atomic mass is 19.1. The van der Waals surface area contributed by atoms with Gasteiger partial charge in [-0.3, -0.25) is 0 Å². The van der Waals surface area contributed by atoms with Gasteiger partial charge in [0, 0.05) is 12.3 Å². The lowest BCUT2D eigenvalue weighted by atomic mass is 10.2. The largest absolute Gasteiger partial charge is 0.338 e. The van der Waals surface area contributed by atoms with E-state index in [0.29, 0.717) is 5.82 Å². The molecule has 0 fully saturated rings. The molecule has 82 valence electrons. The third-order valence-corrected chi connectivity index (χ3v) is 2.11. The average molecular weight is 220 g/mol. The van der Waals surface area contributed by atoms with E-state index in [2.05, 4.69) is 10.3 Å². The number of halogens is 2. The predicted molar refractivity (Wildman–Crippen MR) is 58.6 cm³/mol. The van der Waals surface area contributed by atoms with Crippen LogP contribution in [0.25, 0.3) is 0 Å². The van der Waals surface area contributed by atoms with E-state index in [0.717, 1.165) is 11.6 Å². The van der Waals surface area contributed by atoms with Gasteiger partial charge in [-0.1, -0.05) is 0 Å². The van der Waals surface area contributed by atoms with Crippen molar-refractivity contribution in [3.63, 3.8) is 0 Å². The maximum absolute atomic E-state index is 13.3. The van der Waals surface area contributed by atoms with Crippen LogP contribution in [0.2, 0.25) is 0 Å². The topological polar surface area (TPSA) is 24.9 Å². The highest BCUT2D eigenvalue weighted by Gasteiger charge is 2.04. The number of anilines is 2. The van der Waals surface area contributed by atoms with Crippen molar-refractivity contribution in [3.05, 3.63) is 53.7 Å². The molecular weight excluding hydrogens is 210 g/mol. The molecule has 2 nitrogen and oxygen atoms in total. The number of nitrogens with zero attached hydrogens (tertiary/aromatic N) is 1. The summed E-state index contributed by atoms with van der Waals surface area (Å²) in [6.07, 6.45) is 1.62. The lowest BCUT2D eigenvalue weighted by molar-refractivity contribution is 0.586. The van der Waals surface area contributed by atoms with Gasteiger partial charge in [-0.05, 0) is 36.8 Å². The van der Waals surface area contributed by atoms with Gasteiger partial charge in [0.25, 0.3) is 0 Å². The van der Waals surface area contributed by atoms with E-state index in [4.69, 9.17) is 0 Å². The molecule has 1 aromatic carbocycles. The molecule has 2 rings (SSSR count). The molecule has 0 saturated heterocycles. The van der Waals surface area contributed by atoms with E-state index in [1.54, 1.807) is 12.3 Å². The first-order chi connectivity index (χ1) is 7.65. The summed E-state index contributed by atoms with van der Waals surface area (Å²) in [7, 11) is 0. The van der Waals surface area contributed by atoms with E-state index < -0.39 is 11.6 Å². The summed E-state index contributed by atoms with van der Waals surface area (Å²) in [6.45, 7) is 1.91. The third kappa shape index (κ3) is 2.34. The van der Waals surface area contributed by atoms with Gasteiger partial charge in [0.1, 0.15) is 17.5 Å². The Morgan fingerprint density at radius 3 is 2.62 bits per heavy atom. The second-order valence-corrected chi connectivity index (χ2v) is 3.47. The number of aromatic nitrogens is 1. The van der Waals surface area contributed by atoms with Crippen molar-refractivity contribution in [2.45, 2.75) is 6.92 Å². The molecular formula is C12H10F2N2. The highest BCUT2D eigenvalue weighted by molar-refractivity contribution is 5.57. The summed E-state index contributed by atoms with van der Waals surface area (Å²) in [5.41, 5.74) is 1.22. The van der Waals surface area contributed by atoms with Crippen LogP contribution in [0.15, 0.2) is 36.5 Å². The Balaban J connectivity index is 2.27. The molecule has 4 heteroatoms. The zero-order valence-electron chi connectivity index (χ0n) is 8.67. The van der Waals surface area contributed by atoms with Crippen LogP contribution >= 0.6 is 0 Å². The molecule has 0 bridgehead atoms. The Bertz CT molecular complexity index is 512. The number of aryl methyl sites for hydroxylation is 1. The van der Waals surface area contributed by atoms with Gasteiger partial charge in [-0.25, -0.2) is 13.8 Å². The SMILES string of the molecule is Cc1ccnc(Nc2ccc(F)cc2F)c1. The number of hydrogen-bond acceptors (Lipinski definition) is 2. The minimum absolute atomic E-state index is 0.208. The fourth-order valence-corrected chi connectivity index (χ4v) is 1.33. The lowest BCUT2D eigenvalue weighted by Gasteiger charge is -2.06. The van der Waals surface area contributed by atoms with Gasteiger partial charge in [0.15, 0.2) is 0 Å². The summed E-state index contributed by atoms with van der Waals surface area (Å²) in [4.78, 5) is 4.03. The Hall–Kier alpha value is -1.97. The predicted octanol–water partition coefficient (Wildman–Crippen LogP) is 3.41. The van der Waals surface area contributed by atoms with Gasteiger partial charge >= 0.3 is 0 Å². The minimum Gasteiger partial charge on any atom is -0.338 e. The summed E-state index contributed by atoms with van der Waals surface area (Å²) >= 11 is 0. The number of rotatable bonds is 2. The van der Waals surface area contributed by atoms with Crippen LogP contribution < -0.4 is 5.32 Å².